The molecule has 0 aliphatic rings. The first-order valence-electron chi connectivity index (χ1n) is 5.84. The van der Waals surface area contributed by atoms with Crippen molar-refractivity contribution in [2.45, 2.75) is 42.7 Å². The van der Waals surface area contributed by atoms with E-state index in [1.54, 1.807) is 0 Å². The van der Waals surface area contributed by atoms with Gasteiger partial charge in [-0.15, -0.1) is 0 Å². The Morgan fingerprint density at radius 1 is 0.414 bits per heavy atom. The van der Waals surface area contributed by atoms with E-state index in [9.17, 15) is 83.4 Å². The van der Waals surface area contributed by atoms with Crippen molar-refractivity contribution in [3.8, 4) is 0 Å². The summed E-state index contributed by atoms with van der Waals surface area (Å²) in [5, 5.41) is 0. The van der Waals surface area contributed by atoms with Crippen molar-refractivity contribution in [1.82, 2.24) is 0 Å². The second-order valence-electron chi connectivity index (χ2n) is 4.89. The van der Waals surface area contributed by atoms with Crippen LogP contribution in [0, 0.1) is 11.5 Å². The molecule has 0 fully saturated rings. The summed E-state index contributed by atoms with van der Waals surface area (Å²) in [4.78, 5) is 0. The van der Waals surface area contributed by atoms with Crippen molar-refractivity contribution in [3.05, 3.63) is 11.6 Å². The summed E-state index contributed by atoms with van der Waals surface area (Å²) in [6, 6.07) is 0. The molecule has 0 saturated heterocycles. The molecule has 173 valence electrons. The molecule has 1 radical (unpaired) electrons. The lowest BCUT2D eigenvalue weighted by atomic mass is 9.67. The van der Waals surface area contributed by atoms with E-state index < -0.39 is 59.8 Å². The van der Waals surface area contributed by atoms with E-state index in [0.29, 0.717) is 0 Å². The summed E-state index contributed by atoms with van der Waals surface area (Å²) >= 11 is 0. The van der Waals surface area contributed by atoms with E-state index >= 15 is 0 Å². The number of hydrogen-bond donors (Lipinski definition) is 0. The van der Waals surface area contributed by atoms with Gasteiger partial charge in [0.05, 0.1) is 11.6 Å². The lowest BCUT2D eigenvalue weighted by molar-refractivity contribution is -0.457. The van der Waals surface area contributed by atoms with Gasteiger partial charge in [0.2, 0.25) is 5.41 Å². The third-order valence-electron chi connectivity index (χ3n) is 3.00. The average Bonchev–Trinajstić information content (AvgIpc) is 2.30. The summed E-state index contributed by atoms with van der Waals surface area (Å²) in [5.41, 5.74) is -14.5. The van der Waals surface area contributed by atoms with Crippen molar-refractivity contribution < 1.29 is 83.4 Å². The second-order valence-corrected chi connectivity index (χ2v) is 4.89. The molecule has 0 aliphatic heterocycles. The summed E-state index contributed by atoms with van der Waals surface area (Å²) in [5.74, 6) is -17.6. The van der Waals surface area contributed by atoms with Crippen molar-refractivity contribution in [1.29, 1.82) is 0 Å². The molecular weight excluding hydrogens is 481 g/mol. The van der Waals surface area contributed by atoms with Gasteiger partial charge in [-0.3, -0.25) is 0 Å². The lowest BCUT2D eigenvalue weighted by Crippen LogP contribution is -2.73. The zero-order valence-electron chi connectivity index (χ0n) is 12.2. The molecular formula is C10F19. The van der Waals surface area contributed by atoms with E-state index in [4.69, 9.17) is 0 Å². The highest BCUT2D eigenvalue weighted by molar-refractivity contribution is 5.32. The standard InChI is InChI=1S/C10F19/c11-3(12,13)1-2(5(14,15)16)4(8(21,22)23,6(17,18)9(24,25)26)7(19,20)10(27,28)29. The number of allylic oxidation sites excluding steroid dienone is 2. The summed E-state index contributed by atoms with van der Waals surface area (Å²) in [6.45, 7) is 0. The van der Waals surface area contributed by atoms with Crippen LogP contribution < -0.4 is 0 Å². The largest absolute Gasteiger partial charge is 0.454 e. The fraction of sp³-hybridized carbons (Fsp3) is 0.800. The van der Waals surface area contributed by atoms with Crippen LogP contribution >= 0.6 is 0 Å². The molecule has 0 saturated carbocycles. The smallest absolute Gasteiger partial charge is 0.195 e. The summed E-state index contributed by atoms with van der Waals surface area (Å²) in [7, 11) is 0. The maximum absolute atomic E-state index is 13.4. The monoisotopic (exact) mass is 481 g/mol. The van der Waals surface area contributed by atoms with Crippen LogP contribution in [-0.4, -0.2) is 42.7 Å². The molecule has 0 bridgehead atoms. The topological polar surface area (TPSA) is 0 Å². The third-order valence-corrected chi connectivity index (χ3v) is 3.00. The number of alkyl halides is 19. The molecule has 0 nitrogen and oxygen atoms in total. The normalized spacial score (nSPS) is 17.0. The Kier molecular flexibility index (Phi) is 6.34. The van der Waals surface area contributed by atoms with Gasteiger partial charge in [-0.2, -0.15) is 83.4 Å². The van der Waals surface area contributed by atoms with Gasteiger partial charge in [-0.05, 0) is 0 Å². The Bertz CT molecular complexity index is 588. The van der Waals surface area contributed by atoms with Gasteiger partial charge in [-0.25, -0.2) is 0 Å². The van der Waals surface area contributed by atoms with E-state index in [0.717, 1.165) is 0 Å². The highest BCUT2D eigenvalue weighted by Crippen LogP contribution is 2.71. The summed E-state index contributed by atoms with van der Waals surface area (Å²) < 4.78 is 240. The molecule has 0 atom stereocenters. The molecule has 0 aromatic rings. The van der Waals surface area contributed by atoms with Gasteiger partial charge < -0.3 is 0 Å². The van der Waals surface area contributed by atoms with Crippen LogP contribution in [0.3, 0.4) is 0 Å². The predicted molar refractivity (Wildman–Crippen MR) is 49.4 cm³/mol. The predicted octanol–water partition coefficient (Wildman–Crippen LogP) is 6.78. The maximum Gasteiger partial charge on any atom is 0.454 e. The Labute approximate surface area is 144 Å². The minimum atomic E-state index is -8.85. The lowest BCUT2D eigenvalue weighted by Gasteiger charge is -2.47. The van der Waals surface area contributed by atoms with E-state index in [1.807, 2.05) is 0 Å². The molecule has 0 aliphatic carbocycles. The SMILES string of the molecule is FC(F)(F)/[C]=C(\C(F)(F)F)C(C(F)(F)F)(C(F)(F)C(F)(F)F)C(F)(F)C(F)(F)F. The Balaban J connectivity index is 8.16. The van der Waals surface area contributed by atoms with Crippen LogP contribution in [0.2, 0.25) is 0 Å². The maximum atomic E-state index is 13.4. The number of hydrogen-bond acceptors (Lipinski definition) is 0. The van der Waals surface area contributed by atoms with Crippen LogP contribution in [0.1, 0.15) is 0 Å². The Morgan fingerprint density at radius 2 is 0.690 bits per heavy atom. The Hall–Kier alpha value is -1.59. The van der Waals surface area contributed by atoms with Gasteiger partial charge in [0.15, 0.2) is 0 Å². The van der Waals surface area contributed by atoms with Crippen molar-refractivity contribution in [2.75, 3.05) is 0 Å². The van der Waals surface area contributed by atoms with Crippen LogP contribution in [-0.2, 0) is 0 Å². The van der Waals surface area contributed by atoms with E-state index in [2.05, 4.69) is 0 Å². The van der Waals surface area contributed by atoms with Gasteiger partial charge in [0.1, 0.15) is 0 Å². The number of rotatable bonds is 3. The van der Waals surface area contributed by atoms with Gasteiger partial charge in [0, 0.05) is 0 Å². The Morgan fingerprint density at radius 3 is 0.828 bits per heavy atom. The van der Waals surface area contributed by atoms with Gasteiger partial charge in [-0.1, -0.05) is 0 Å². The van der Waals surface area contributed by atoms with Crippen molar-refractivity contribution in [2.24, 2.45) is 5.41 Å². The molecule has 0 unspecified atom stereocenters. The van der Waals surface area contributed by atoms with Gasteiger partial charge >= 0.3 is 42.7 Å². The molecule has 29 heavy (non-hydrogen) atoms. The molecule has 0 aromatic heterocycles. The van der Waals surface area contributed by atoms with Crippen LogP contribution in [0.25, 0.3) is 0 Å². The van der Waals surface area contributed by atoms with Gasteiger partial charge in [0.25, 0.3) is 0 Å². The first-order valence-corrected chi connectivity index (χ1v) is 5.84. The molecule has 0 amide bonds. The average molecular weight is 481 g/mol. The van der Waals surface area contributed by atoms with Crippen molar-refractivity contribution in [3.63, 3.8) is 0 Å². The first kappa shape index (κ1) is 27.4. The van der Waals surface area contributed by atoms with Crippen molar-refractivity contribution >= 4 is 0 Å². The second kappa shape index (κ2) is 6.71. The molecule has 0 heterocycles. The molecule has 19 heteroatoms. The van der Waals surface area contributed by atoms with Crippen LogP contribution in [0.15, 0.2) is 5.57 Å². The summed E-state index contributed by atoms with van der Waals surface area (Å²) in [6.07, 6.45) is -41.9. The first-order chi connectivity index (χ1) is 12.1. The minimum absolute atomic E-state index is 1.69. The third kappa shape index (κ3) is 4.31. The zero-order valence-corrected chi connectivity index (χ0v) is 12.2. The molecule has 0 aromatic carbocycles. The zero-order chi connectivity index (χ0) is 24.3. The quantitative estimate of drug-likeness (QED) is 0.390. The van der Waals surface area contributed by atoms with E-state index in [-0.39, 0.29) is 0 Å². The fourth-order valence-corrected chi connectivity index (χ4v) is 1.95. The highest BCUT2D eigenvalue weighted by Gasteiger charge is 2.95. The molecule has 0 N–H and O–H groups in total. The molecule has 0 rings (SSSR count). The minimum Gasteiger partial charge on any atom is -0.195 e. The van der Waals surface area contributed by atoms with Crippen LogP contribution in [0.5, 0.6) is 0 Å². The molecule has 0 spiro atoms. The van der Waals surface area contributed by atoms with E-state index in [1.165, 1.54) is 0 Å². The fourth-order valence-electron chi connectivity index (χ4n) is 1.95. The number of halogens is 19. The van der Waals surface area contributed by atoms with Crippen LogP contribution in [0.4, 0.5) is 83.4 Å². The highest BCUT2D eigenvalue weighted by atomic mass is 19.4.